The maximum absolute atomic E-state index is 14.7. The van der Waals surface area contributed by atoms with Crippen LogP contribution in [0.4, 0.5) is 17.6 Å². The molecule has 15 heteroatoms. The molecule has 5 rings (SSSR count). The van der Waals surface area contributed by atoms with Crippen molar-refractivity contribution in [3.05, 3.63) is 89.4 Å². The van der Waals surface area contributed by atoms with E-state index in [-0.39, 0.29) is 54.7 Å². The lowest BCUT2D eigenvalue weighted by Gasteiger charge is -2.39. The molecule has 4 N–H and O–H groups in total. The number of imidazole rings is 1. The summed E-state index contributed by atoms with van der Waals surface area (Å²) in [7, 11) is 0. The van der Waals surface area contributed by atoms with E-state index in [4.69, 9.17) is 4.74 Å². The molecule has 4 aromatic rings. The Labute approximate surface area is 317 Å². The van der Waals surface area contributed by atoms with Gasteiger partial charge < -0.3 is 30.2 Å². The van der Waals surface area contributed by atoms with Gasteiger partial charge in [-0.05, 0) is 54.4 Å². The highest BCUT2D eigenvalue weighted by molar-refractivity contribution is 5.98. The summed E-state index contributed by atoms with van der Waals surface area (Å²) in [5.74, 6) is -4.08. The molecule has 0 spiro atoms. The van der Waals surface area contributed by atoms with Crippen LogP contribution in [0.1, 0.15) is 75.8 Å². The lowest BCUT2D eigenvalue weighted by molar-refractivity contribution is -0.150. The number of hydrogen-bond donors (Lipinski definition) is 4. The van der Waals surface area contributed by atoms with Crippen LogP contribution in [0.15, 0.2) is 61.2 Å². The van der Waals surface area contributed by atoms with E-state index in [9.17, 15) is 36.7 Å². The van der Waals surface area contributed by atoms with E-state index in [2.05, 4.69) is 25.9 Å². The number of nitrogens with zero attached hydrogens (tertiary/aromatic N) is 2. The van der Waals surface area contributed by atoms with Crippen LogP contribution in [-0.2, 0) is 55.9 Å². The third-order valence-electron chi connectivity index (χ3n) is 10.7. The summed E-state index contributed by atoms with van der Waals surface area (Å²) in [6, 6.07) is 7.33. The van der Waals surface area contributed by atoms with Crippen LogP contribution in [0.5, 0.6) is 0 Å². The molecule has 0 aliphatic heterocycles. The Morgan fingerprint density at radius 3 is 2.40 bits per heavy atom. The van der Waals surface area contributed by atoms with Crippen LogP contribution in [0.2, 0.25) is 0 Å². The van der Waals surface area contributed by atoms with Crippen LogP contribution < -0.4 is 16.0 Å². The molecule has 1 aliphatic rings. The molecule has 2 unspecified atom stereocenters. The lowest BCUT2D eigenvalue weighted by Crippen LogP contribution is -2.67. The number of aryl methyl sites for hydroxylation is 2. The maximum atomic E-state index is 14.7. The monoisotopic (exact) mass is 768 g/mol. The van der Waals surface area contributed by atoms with Crippen molar-refractivity contribution in [3.63, 3.8) is 0 Å². The molecular weight excluding hydrogens is 720 g/mol. The highest BCUT2D eigenvalue weighted by Crippen LogP contribution is 2.40. The van der Waals surface area contributed by atoms with E-state index in [0.29, 0.717) is 37.1 Å². The minimum Gasteiger partial charge on any atom is -0.464 e. The second kappa shape index (κ2) is 17.5. The summed E-state index contributed by atoms with van der Waals surface area (Å²) >= 11 is 0. The molecule has 0 saturated heterocycles. The summed E-state index contributed by atoms with van der Waals surface area (Å²) < 4.78 is 64.0. The van der Waals surface area contributed by atoms with Crippen LogP contribution in [0, 0.1) is 17.7 Å². The number of benzene rings is 2. The Hall–Kier alpha value is -5.21. The van der Waals surface area contributed by atoms with Crippen LogP contribution in [0.25, 0.3) is 10.9 Å². The van der Waals surface area contributed by atoms with Gasteiger partial charge in [0.25, 0.3) is 0 Å². The summed E-state index contributed by atoms with van der Waals surface area (Å²) in [4.78, 5) is 62.6. The van der Waals surface area contributed by atoms with Crippen molar-refractivity contribution in [1.82, 2.24) is 30.5 Å². The topological polar surface area (TPSA) is 147 Å². The third kappa shape index (κ3) is 9.54. The van der Waals surface area contributed by atoms with Gasteiger partial charge in [0.2, 0.25) is 17.7 Å². The predicted octanol–water partition coefficient (Wildman–Crippen LogP) is 5.80. The summed E-state index contributed by atoms with van der Waals surface area (Å²) in [6.07, 6.45) is 1.37. The van der Waals surface area contributed by atoms with Gasteiger partial charge in [-0.25, -0.2) is 14.2 Å². The first-order valence-corrected chi connectivity index (χ1v) is 18.6. The average Bonchev–Trinajstić information content (AvgIpc) is 3.82. The number of amides is 3. The molecule has 0 bridgehead atoms. The summed E-state index contributed by atoms with van der Waals surface area (Å²) in [6.45, 7) is 7.84. The Morgan fingerprint density at radius 1 is 1.00 bits per heavy atom. The van der Waals surface area contributed by atoms with Crippen molar-refractivity contribution >= 4 is 34.6 Å². The molecule has 0 radical (unpaired) electrons. The normalized spacial score (nSPS) is 17.7. The fraction of sp³-hybridized carbons (Fsp3) is 0.475. The van der Waals surface area contributed by atoms with Crippen molar-refractivity contribution in [2.75, 3.05) is 6.61 Å². The Kier molecular flexibility index (Phi) is 13.0. The average molecular weight is 769 g/mol. The second-order valence-electron chi connectivity index (χ2n) is 14.4. The van der Waals surface area contributed by atoms with Crippen molar-refractivity contribution in [3.8, 4) is 0 Å². The van der Waals surface area contributed by atoms with Crippen LogP contribution in [-0.4, -0.2) is 62.5 Å². The number of hydrogen-bond acceptors (Lipinski definition) is 6. The van der Waals surface area contributed by atoms with Crippen molar-refractivity contribution in [2.45, 2.75) is 103 Å². The van der Waals surface area contributed by atoms with Crippen LogP contribution in [0.3, 0.4) is 0 Å². The number of esters is 1. The molecule has 296 valence electrons. The van der Waals surface area contributed by atoms with Crippen molar-refractivity contribution in [2.24, 2.45) is 11.8 Å². The molecule has 2 heterocycles. The molecule has 2 aromatic heterocycles. The Balaban J connectivity index is 1.45. The first kappa shape index (κ1) is 41.0. The highest BCUT2D eigenvalue weighted by atomic mass is 19.4. The van der Waals surface area contributed by atoms with Gasteiger partial charge >= 0.3 is 12.1 Å². The SMILES string of the molecule is CCC(C)[C@H](NC(=O)Cc1ccccc1F)C(=O)N[C@]1(C(=O)N[C@H](C(=O)OCCCn2ccnc2)C(C)CC)CCc2[nH]c3c(C(F)(F)F)cccc3c2C1. The Bertz CT molecular complexity index is 1980. The van der Waals surface area contributed by atoms with Gasteiger partial charge in [-0.3, -0.25) is 14.4 Å². The smallest absolute Gasteiger partial charge is 0.418 e. The van der Waals surface area contributed by atoms with Gasteiger partial charge in [-0.2, -0.15) is 13.2 Å². The number of ether oxygens (including phenoxy) is 1. The molecule has 2 aromatic carbocycles. The molecule has 5 atom stereocenters. The van der Waals surface area contributed by atoms with Crippen molar-refractivity contribution < 1.29 is 41.5 Å². The zero-order chi connectivity index (χ0) is 39.9. The van der Waals surface area contributed by atoms with Gasteiger partial charge in [-0.15, -0.1) is 0 Å². The number of fused-ring (bicyclic) bond motifs is 3. The number of nitrogens with one attached hydrogen (secondary N) is 4. The number of alkyl halides is 3. The minimum atomic E-state index is -4.65. The standard InChI is InChI=1S/C40H48F4N6O5/c1-5-24(3)33(47-32(51)21-26-11-7-8-14-30(26)41)36(52)49-39(16-15-31-28(22-39)27-12-9-13-29(35(27)46-31)40(42,43)44)38(54)48-34(25(4)6-2)37(53)55-20-10-18-50-19-17-45-23-50/h7-9,11-14,17,19,23-25,33-34,46H,5-6,10,15-16,18,20-22H2,1-4H3,(H,47,51)(H,48,54)(H,49,52)/t24?,25?,33-,34-,39+/m0/s1. The molecule has 1 aliphatic carbocycles. The van der Waals surface area contributed by atoms with Gasteiger partial charge in [0.05, 0.1) is 30.4 Å². The van der Waals surface area contributed by atoms with Gasteiger partial charge in [0.15, 0.2) is 0 Å². The van der Waals surface area contributed by atoms with Crippen molar-refractivity contribution in [1.29, 1.82) is 0 Å². The number of aromatic amines is 1. The van der Waals surface area contributed by atoms with Gasteiger partial charge in [-0.1, -0.05) is 70.9 Å². The fourth-order valence-corrected chi connectivity index (χ4v) is 7.00. The maximum Gasteiger partial charge on any atom is 0.418 e. The number of carbonyl (C=O) groups excluding carboxylic acids is 4. The first-order valence-electron chi connectivity index (χ1n) is 18.6. The fourth-order valence-electron chi connectivity index (χ4n) is 7.00. The van der Waals surface area contributed by atoms with Gasteiger partial charge in [0.1, 0.15) is 23.4 Å². The lowest BCUT2D eigenvalue weighted by atomic mass is 9.78. The molecule has 55 heavy (non-hydrogen) atoms. The molecule has 3 amide bonds. The minimum absolute atomic E-state index is 0.0324. The first-order chi connectivity index (χ1) is 26.2. The largest absolute Gasteiger partial charge is 0.464 e. The summed E-state index contributed by atoms with van der Waals surface area (Å²) in [5, 5.41) is 8.72. The summed E-state index contributed by atoms with van der Waals surface area (Å²) in [5.41, 5.74) is -1.67. The predicted molar refractivity (Wildman–Crippen MR) is 197 cm³/mol. The second-order valence-corrected chi connectivity index (χ2v) is 14.4. The highest BCUT2D eigenvalue weighted by Gasteiger charge is 2.47. The number of halogens is 4. The Morgan fingerprint density at radius 2 is 1.73 bits per heavy atom. The number of carbonyl (C=O) groups is 4. The molecule has 0 saturated carbocycles. The molecular formula is C40H48F4N6O5. The van der Waals surface area contributed by atoms with E-state index in [1.165, 1.54) is 30.3 Å². The van der Waals surface area contributed by atoms with E-state index < -0.39 is 64.8 Å². The van der Waals surface area contributed by atoms with E-state index in [1.54, 1.807) is 38.6 Å². The number of rotatable bonds is 16. The number of aromatic nitrogens is 3. The number of H-pyrrole nitrogens is 1. The quantitative estimate of drug-likeness (QED) is 0.0644. The van der Waals surface area contributed by atoms with Gasteiger partial charge in [0, 0.05) is 36.4 Å². The molecule has 11 nitrogen and oxygen atoms in total. The molecule has 0 fully saturated rings. The van der Waals surface area contributed by atoms with E-state index >= 15 is 0 Å². The number of para-hydroxylation sites is 1. The van der Waals surface area contributed by atoms with E-state index in [1.807, 2.05) is 18.4 Å². The van der Waals surface area contributed by atoms with E-state index in [0.717, 1.165) is 6.07 Å². The zero-order valence-electron chi connectivity index (χ0n) is 31.4. The van der Waals surface area contributed by atoms with Crippen LogP contribution >= 0.6 is 0 Å². The zero-order valence-corrected chi connectivity index (χ0v) is 31.4. The third-order valence-corrected chi connectivity index (χ3v) is 10.7.